The predicted octanol–water partition coefficient (Wildman–Crippen LogP) is 4.24. The Kier molecular flexibility index (Phi) is 4.27. The molecule has 0 aliphatic carbocycles. The number of hydrogen-bond donors (Lipinski definition) is 1. The quantitative estimate of drug-likeness (QED) is 0.437. The summed E-state index contributed by atoms with van der Waals surface area (Å²) in [5.74, 6) is 0. The lowest BCUT2D eigenvalue weighted by molar-refractivity contribution is -0.385. The molecule has 0 fully saturated rings. The molecular formula is C19H18N2O4. The van der Waals surface area contributed by atoms with Gasteiger partial charge in [0.2, 0.25) is 0 Å². The Morgan fingerprint density at radius 1 is 1.12 bits per heavy atom. The Labute approximate surface area is 144 Å². The van der Waals surface area contributed by atoms with Gasteiger partial charge in [0.05, 0.1) is 4.92 Å². The molecule has 0 aliphatic rings. The van der Waals surface area contributed by atoms with E-state index in [9.17, 15) is 14.9 Å². The first-order valence-corrected chi connectivity index (χ1v) is 7.89. The number of aryl methyl sites for hydroxylation is 2. The Balaban J connectivity index is 2.00. The average Bonchev–Trinajstić information content (AvgIpc) is 2.57. The molecular weight excluding hydrogens is 320 g/mol. The molecule has 0 aliphatic heterocycles. The lowest BCUT2D eigenvalue weighted by Crippen LogP contribution is -2.07. The highest BCUT2D eigenvalue weighted by Gasteiger charge is 2.14. The molecule has 1 N–H and O–H groups in total. The summed E-state index contributed by atoms with van der Waals surface area (Å²) in [7, 11) is 0. The highest BCUT2D eigenvalue weighted by atomic mass is 16.6. The van der Waals surface area contributed by atoms with E-state index in [2.05, 4.69) is 5.32 Å². The molecule has 3 rings (SSSR count). The molecule has 1 aromatic heterocycles. The minimum absolute atomic E-state index is 0.0638. The second-order valence-corrected chi connectivity index (χ2v) is 6.04. The van der Waals surface area contributed by atoms with E-state index in [1.165, 1.54) is 12.1 Å². The van der Waals surface area contributed by atoms with Gasteiger partial charge in [0, 0.05) is 35.3 Å². The molecule has 0 bridgehead atoms. The number of rotatable bonds is 4. The van der Waals surface area contributed by atoms with Gasteiger partial charge < -0.3 is 9.73 Å². The zero-order valence-corrected chi connectivity index (χ0v) is 14.3. The molecule has 6 nitrogen and oxygen atoms in total. The predicted molar refractivity (Wildman–Crippen MR) is 97.1 cm³/mol. The van der Waals surface area contributed by atoms with Crippen LogP contribution in [0, 0.1) is 30.9 Å². The van der Waals surface area contributed by atoms with Gasteiger partial charge >= 0.3 is 5.63 Å². The second kappa shape index (κ2) is 6.39. The molecule has 0 atom stereocenters. The average molecular weight is 338 g/mol. The van der Waals surface area contributed by atoms with Gasteiger partial charge in [-0.2, -0.15) is 0 Å². The fraction of sp³-hybridized carbons (Fsp3) is 0.211. The van der Waals surface area contributed by atoms with Crippen LogP contribution in [-0.2, 0) is 6.54 Å². The van der Waals surface area contributed by atoms with Crippen molar-refractivity contribution in [2.24, 2.45) is 0 Å². The first kappa shape index (κ1) is 16.7. The van der Waals surface area contributed by atoms with Gasteiger partial charge in [-0.15, -0.1) is 0 Å². The maximum absolute atomic E-state index is 11.9. The Morgan fingerprint density at radius 2 is 1.88 bits per heavy atom. The van der Waals surface area contributed by atoms with Gasteiger partial charge in [-0.05, 0) is 43.5 Å². The van der Waals surface area contributed by atoms with Crippen LogP contribution in [-0.4, -0.2) is 4.92 Å². The fourth-order valence-electron chi connectivity index (χ4n) is 2.87. The van der Waals surface area contributed by atoms with Crippen molar-refractivity contribution >= 4 is 22.3 Å². The summed E-state index contributed by atoms with van der Waals surface area (Å²) in [4.78, 5) is 22.6. The van der Waals surface area contributed by atoms with E-state index in [1.807, 2.05) is 26.0 Å². The van der Waals surface area contributed by atoms with Gasteiger partial charge in [0.1, 0.15) is 5.58 Å². The van der Waals surface area contributed by atoms with Crippen LogP contribution in [0.4, 0.5) is 11.4 Å². The summed E-state index contributed by atoms with van der Waals surface area (Å²) >= 11 is 0. The van der Waals surface area contributed by atoms with Crippen LogP contribution in [0.25, 0.3) is 11.0 Å². The third kappa shape index (κ3) is 3.10. The van der Waals surface area contributed by atoms with Crippen molar-refractivity contribution in [3.63, 3.8) is 0 Å². The topological polar surface area (TPSA) is 85.4 Å². The maximum Gasteiger partial charge on any atom is 0.336 e. The molecule has 0 saturated heterocycles. The number of benzene rings is 2. The van der Waals surface area contributed by atoms with Crippen molar-refractivity contribution in [3.8, 4) is 0 Å². The first-order valence-electron chi connectivity index (χ1n) is 7.89. The van der Waals surface area contributed by atoms with E-state index in [-0.39, 0.29) is 5.69 Å². The van der Waals surface area contributed by atoms with Gasteiger partial charge in [-0.25, -0.2) is 4.79 Å². The van der Waals surface area contributed by atoms with Gasteiger partial charge in [0.25, 0.3) is 5.69 Å². The monoisotopic (exact) mass is 338 g/mol. The SMILES string of the molecule is Cc1ccc2c(CNc3cccc([N+](=O)[O-])c3C)cc(=O)oc2c1C. The molecule has 6 heteroatoms. The van der Waals surface area contributed by atoms with Crippen LogP contribution in [0.2, 0.25) is 0 Å². The molecule has 0 radical (unpaired) electrons. The number of hydrogen-bond acceptors (Lipinski definition) is 5. The molecule has 0 unspecified atom stereocenters. The summed E-state index contributed by atoms with van der Waals surface area (Å²) in [6.45, 7) is 5.95. The van der Waals surface area contributed by atoms with E-state index in [4.69, 9.17) is 4.42 Å². The van der Waals surface area contributed by atoms with Crippen molar-refractivity contribution in [2.75, 3.05) is 5.32 Å². The third-order valence-corrected chi connectivity index (χ3v) is 4.49. The Hall–Kier alpha value is -3.15. The van der Waals surface area contributed by atoms with Crippen LogP contribution < -0.4 is 10.9 Å². The number of nitrogens with zero attached hydrogens (tertiary/aromatic N) is 1. The summed E-state index contributed by atoms with van der Waals surface area (Å²) in [6, 6.07) is 10.3. The van der Waals surface area contributed by atoms with Crippen LogP contribution in [0.15, 0.2) is 45.6 Å². The number of nitro groups is 1. The van der Waals surface area contributed by atoms with Gasteiger partial charge in [-0.3, -0.25) is 10.1 Å². The Bertz CT molecular complexity index is 1040. The minimum Gasteiger partial charge on any atom is -0.422 e. The molecule has 3 aromatic rings. The molecule has 2 aromatic carbocycles. The van der Waals surface area contributed by atoms with E-state index in [0.29, 0.717) is 23.4 Å². The van der Waals surface area contributed by atoms with Gasteiger partial charge in [0.15, 0.2) is 0 Å². The largest absolute Gasteiger partial charge is 0.422 e. The minimum atomic E-state index is -0.409. The van der Waals surface area contributed by atoms with E-state index in [1.54, 1.807) is 19.1 Å². The van der Waals surface area contributed by atoms with E-state index < -0.39 is 10.5 Å². The summed E-state index contributed by atoms with van der Waals surface area (Å²) in [6.07, 6.45) is 0. The van der Waals surface area contributed by atoms with E-state index >= 15 is 0 Å². The first-order chi connectivity index (χ1) is 11.9. The lowest BCUT2D eigenvalue weighted by atomic mass is 10.0. The summed E-state index contributed by atoms with van der Waals surface area (Å²) in [5.41, 5.74) is 4.24. The smallest absolute Gasteiger partial charge is 0.336 e. The van der Waals surface area contributed by atoms with Crippen LogP contribution in [0.1, 0.15) is 22.3 Å². The standard InChI is InChI=1S/C19H18N2O4/c1-11-7-8-15-14(9-18(22)25-19(15)12(11)2)10-20-16-5-4-6-17(13(16)3)21(23)24/h4-9,20H,10H2,1-3H3. The maximum atomic E-state index is 11.9. The van der Waals surface area contributed by atoms with Crippen molar-refractivity contribution in [1.29, 1.82) is 0 Å². The Morgan fingerprint density at radius 3 is 2.60 bits per heavy atom. The zero-order valence-electron chi connectivity index (χ0n) is 14.3. The zero-order chi connectivity index (χ0) is 18.1. The molecule has 0 saturated carbocycles. The molecule has 1 heterocycles. The number of fused-ring (bicyclic) bond motifs is 1. The highest BCUT2D eigenvalue weighted by molar-refractivity contribution is 5.84. The number of nitrogens with one attached hydrogen (secondary N) is 1. The third-order valence-electron chi connectivity index (χ3n) is 4.49. The molecule has 0 spiro atoms. The summed E-state index contributed by atoms with van der Waals surface area (Å²) in [5, 5.41) is 15.1. The molecule has 128 valence electrons. The van der Waals surface area contributed by atoms with Gasteiger partial charge in [-0.1, -0.05) is 18.2 Å². The van der Waals surface area contributed by atoms with Crippen LogP contribution >= 0.6 is 0 Å². The summed E-state index contributed by atoms with van der Waals surface area (Å²) < 4.78 is 5.37. The fourth-order valence-corrected chi connectivity index (χ4v) is 2.87. The van der Waals surface area contributed by atoms with Crippen molar-refractivity contribution < 1.29 is 9.34 Å². The van der Waals surface area contributed by atoms with Crippen molar-refractivity contribution in [2.45, 2.75) is 27.3 Å². The molecule has 0 amide bonds. The lowest BCUT2D eigenvalue weighted by Gasteiger charge is -2.12. The number of nitro benzene ring substituents is 1. The highest BCUT2D eigenvalue weighted by Crippen LogP contribution is 2.27. The number of anilines is 1. The van der Waals surface area contributed by atoms with Crippen molar-refractivity contribution in [3.05, 3.63) is 79.2 Å². The van der Waals surface area contributed by atoms with Crippen molar-refractivity contribution in [1.82, 2.24) is 0 Å². The molecule has 25 heavy (non-hydrogen) atoms. The normalized spacial score (nSPS) is 10.8. The van der Waals surface area contributed by atoms with Crippen LogP contribution in [0.5, 0.6) is 0 Å². The van der Waals surface area contributed by atoms with Crippen LogP contribution in [0.3, 0.4) is 0 Å². The van der Waals surface area contributed by atoms with E-state index in [0.717, 1.165) is 22.1 Å². The second-order valence-electron chi connectivity index (χ2n) is 6.04.